The van der Waals surface area contributed by atoms with Crippen molar-refractivity contribution in [3.63, 3.8) is 0 Å². The van der Waals surface area contributed by atoms with E-state index in [1.54, 1.807) is 0 Å². The van der Waals surface area contributed by atoms with E-state index < -0.39 is 0 Å². The number of nitrogens with zero attached hydrogens (tertiary/aromatic N) is 1. The van der Waals surface area contributed by atoms with Crippen LogP contribution in [0.15, 0.2) is 24.3 Å². The molecule has 74 valence electrons. The second-order valence-electron chi connectivity index (χ2n) is 3.99. The summed E-state index contributed by atoms with van der Waals surface area (Å²) in [5.41, 5.74) is 6.23. The van der Waals surface area contributed by atoms with Gasteiger partial charge in [-0.1, -0.05) is 26.0 Å². The number of aromatic amines is 1. The number of imidazole rings is 1. The molecule has 14 heavy (non-hydrogen) atoms. The van der Waals surface area contributed by atoms with Crippen molar-refractivity contribution in [2.45, 2.75) is 19.9 Å². The van der Waals surface area contributed by atoms with Gasteiger partial charge in [-0.25, -0.2) is 4.98 Å². The summed E-state index contributed by atoms with van der Waals surface area (Å²) in [6.45, 7) is 4.32. The maximum Gasteiger partial charge on any atom is 0.166 e. The van der Waals surface area contributed by atoms with E-state index in [4.69, 9.17) is 0 Å². The minimum absolute atomic E-state index is 0.238. The van der Waals surface area contributed by atoms with Gasteiger partial charge in [-0.05, 0) is 12.1 Å². The fraction of sp³-hybridized carbons (Fsp3) is 0.364. The van der Waals surface area contributed by atoms with E-state index in [1.807, 2.05) is 24.3 Å². The molecule has 0 unspecified atom stereocenters. The van der Waals surface area contributed by atoms with Crippen LogP contribution in [-0.4, -0.2) is 9.97 Å². The number of para-hydroxylation sites is 2. The van der Waals surface area contributed by atoms with E-state index in [2.05, 4.69) is 29.5 Å². The van der Waals surface area contributed by atoms with Crippen molar-refractivity contribution >= 4 is 11.0 Å². The summed E-state index contributed by atoms with van der Waals surface area (Å²) in [7, 11) is 0. The van der Waals surface area contributed by atoms with E-state index in [1.165, 1.54) is 0 Å². The van der Waals surface area contributed by atoms with Gasteiger partial charge < -0.3 is 10.7 Å². The zero-order valence-electron chi connectivity index (χ0n) is 8.62. The van der Waals surface area contributed by atoms with Crippen molar-refractivity contribution in [1.82, 2.24) is 9.97 Å². The van der Waals surface area contributed by atoms with Crippen LogP contribution in [-0.2, 0) is 0 Å². The molecule has 0 aliphatic rings. The molecule has 1 atom stereocenters. The zero-order valence-corrected chi connectivity index (χ0v) is 8.62. The van der Waals surface area contributed by atoms with Crippen LogP contribution in [0.3, 0.4) is 0 Å². The first-order chi connectivity index (χ1) is 6.68. The Morgan fingerprint density at radius 2 is 2.00 bits per heavy atom. The monoisotopic (exact) mass is 190 g/mol. The largest absolute Gasteiger partial charge is 0.349 e. The smallest absolute Gasteiger partial charge is 0.166 e. The maximum atomic E-state index is 4.52. The molecule has 0 bridgehead atoms. The Morgan fingerprint density at radius 3 is 2.64 bits per heavy atom. The van der Waals surface area contributed by atoms with E-state index in [0.29, 0.717) is 5.92 Å². The van der Waals surface area contributed by atoms with Gasteiger partial charge in [0.05, 0.1) is 11.0 Å². The molecule has 1 heterocycles. The van der Waals surface area contributed by atoms with Crippen LogP contribution in [0.1, 0.15) is 25.7 Å². The molecule has 0 spiro atoms. The van der Waals surface area contributed by atoms with Crippen LogP contribution < -0.4 is 5.73 Å². The van der Waals surface area contributed by atoms with Gasteiger partial charge in [-0.3, -0.25) is 0 Å². The molecule has 0 aliphatic carbocycles. The van der Waals surface area contributed by atoms with E-state index >= 15 is 0 Å². The Morgan fingerprint density at radius 1 is 1.29 bits per heavy atom. The Hall–Kier alpha value is -1.35. The van der Waals surface area contributed by atoms with Gasteiger partial charge in [0.2, 0.25) is 0 Å². The van der Waals surface area contributed by atoms with E-state index in [-0.39, 0.29) is 6.04 Å². The lowest BCUT2D eigenvalue weighted by Gasteiger charge is -2.07. The van der Waals surface area contributed by atoms with Gasteiger partial charge in [0.25, 0.3) is 0 Å². The van der Waals surface area contributed by atoms with Crippen LogP contribution in [0.5, 0.6) is 0 Å². The Kier molecular flexibility index (Phi) is 2.25. The predicted octanol–water partition coefficient (Wildman–Crippen LogP) is 1.50. The quantitative estimate of drug-likeness (QED) is 0.740. The lowest BCUT2D eigenvalue weighted by atomic mass is 10.1. The summed E-state index contributed by atoms with van der Waals surface area (Å²) in [4.78, 5) is 7.82. The molecule has 4 N–H and O–H groups in total. The molecule has 1 aromatic heterocycles. The summed E-state index contributed by atoms with van der Waals surface area (Å²) in [6, 6.07) is 8.31. The summed E-state index contributed by atoms with van der Waals surface area (Å²) in [5, 5.41) is 0. The second-order valence-corrected chi connectivity index (χ2v) is 3.99. The fourth-order valence-electron chi connectivity index (χ4n) is 1.46. The molecule has 0 saturated heterocycles. The summed E-state index contributed by atoms with van der Waals surface area (Å²) in [6.07, 6.45) is 0. The van der Waals surface area contributed by atoms with Crippen molar-refractivity contribution in [2.24, 2.45) is 5.92 Å². The average Bonchev–Trinajstić information content (AvgIpc) is 2.59. The van der Waals surface area contributed by atoms with Crippen LogP contribution in [0.2, 0.25) is 0 Å². The van der Waals surface area contributed by atoms with Crippen molar-refractivity contribution in [3.8, 4) is 0 Å². The molecule has 0 amide bonds. The number of nitrogens with one attached hydrogen (secondary N) is 1. The van der Waals surface area contributed by atoms with Crippen molar-refractivity contribution < 1.29 is 5.73 Å². The summed E-state index contributed by atoms with van der Waals surface area (Å²) < 4.78 is 0. The van der Waals surface area contributed by atoms with Crippen molar-refractivity contribution in [1.29, 1.82) is 0 Å². The predicted molar refractivity (Wildman–Crippen MR) is 56.6 cm³/mol. The molecule has 3 heteroatoms. The molecule has 3 nitrogen and oxygen atoms in total. The molecular formula is C11H16N3+. The third-order valence-corrected chi connectivity index (χ3v) is 2.56. The zero-order chi connectivity index (χ0) is 10.1. The second kappa shape index (κ2) is 3.42. The lowest BCUT2D eigenvalue weighted by molar-refractivity contribution is -0.440. The molecule has 0 radical (unpaired) electrons. The Bertz CT molecular complexity index is 398. The SMILES string of the molecule is CC(C)[C@H]([NH3+])c1nc2ccccc2[nH]1. The van der Waals surface area contributed by atoms with Crippen LogP contribution in [0.4, 0.5) is 0 Å². The Labute approximate surface area is 83.3 Å². The van der Waals surface area contributed by atoms with Crippen LogP contribution in [0.25, 0.3) is 11.0 Å². The first-order valence-electron chi connectivity index (χ1n) is 4.96. The highest BCUT2D eigenvalue weighted by Gasteiger charge is 2.17. The fourth-order valence-corrected chi connectivity index (χ4v) is 1.46. The highest BCUT2D eigenvalue weighted by atomic mass is 15.0. The molecule has 0 saturated carbocycles. The molecule has 2 aromatic rings. The lowest BCUT2D eigenvalue weighted by Crippen LogP contribution is -2.56. The van der Waals surface area contributed by atoms with Gasteiger partial charge in [0.1, 0.15) is 6.04 Å². The summed E-state index contributed by atoms with van der Waals surface area (Å²) >= 11 is 0. The van der Waals surface area contributed by atoms with Crippen molar-refractivity contribution in [2.75, 3.05) is 0 Å². The Balaban J connectivity index is 2.45. The highest BCUT2D eigenvalue weighted by Crippen LogP contribution is 2.17. The molecule has 1 aromatic carbocycles. The maximum absolute atomic E-state index is 4.52. The molecule has 2 rings (SSSR count). The number of rotatable bonds is 2. The first-order valence-corrected chi connectivity index (χ1v) is 4.96. The van der Waals surface area contributed by atoms with Gasteiger partial charge in [-0.15, -0.1) is 0 Å². The number of hydrogen-bond donors (Lipinski definition) is 2. The minimum Gasteiger partial charge on any atom is -0.349 e. The number of hydrogen-bond acceptors (Lipinski definition) is 1. The first kappa shape index (κ1) is 9.21. The normalized spacial score (nSPS) is 13.7. The van der Waals surface area contributed by atoms with Crippen molar-refractivity contribution in [3.05, 3.63) is 30.1 Å². The number of H-pyrrole nitrogens is 1. The van der Waals surface area contributed by atoms with Gasteiger partial charge in [0.15, 0.2) is 5.82 Å². The van der Waals surface area contributed by atoms with Gasteiger partial charge in [-0.2, -0.15) is 0 Å². The van der Waals surface area contributed by atoms with E-state index in [9.17, 15) is 0 Å². The summed E-state index contributed by atoms with van der Waals surface area (Å²) in [5.74, 6) is 1.50. The highest BCUT2D eigenvalue weighted by molar-refractivity contribution is 5.74. The third-order valence-electron chi connectivity index (χ3n) is 2.56. The molecular weight excluding hydrogens is 174 g/mol. The number of benzene rings is 1. The topological polar surface area (TPSA) is 56.3 Å². The number of fused-ring (bicyclic) bond motifs is 1. The molecule has 0 fully saturated rings. The number of quaternary nitrogens is 1. The number of aromatic nitrogens is 2. The average molecular weight is 190 g/mol. The van der Waals surface area contributed by atoms with Crippen LogP contribution >= 0.6 is 0 Å². The third kappa shape index (κ3) is 1.51. The van der Waals surface area contributed by atoms with Gasteiger partial charge in [0, 0.05) is 5.92 Å². The molecule has 0 aliphatic heterocycles. The van der Waals surface area contributed by atoms with E-state index in [0.717, 1.165) is 16.9 Å². The van der Waals surface area contributed by atoms with Gasteiger partial charge >= 0.3 is 0 Å². The van der Waals surface area contributed by atoms with Crippen LogP contribution in [0, 0.1) is 5.92 Å². The minimum atomic E-state index is 0.238. The standard InChI is InChI=1S/C11H15N3/c1-7(2)10(12)11-13-8-5-3-4-6-9(8)14-11/h3-7,10H,12H2,1-2H3,(H,13,14)/p+1/t10-/m0/s1.